The second kappa shape index (κ2) is 7.33. The predicted molar refractivity (Wildman–Crippen MR) is 94.5 cm³/mol. The van der Waals surface area contributed by atoms with Crippen LogP contribution < -0.4 is 0 Å². The summed E-state index contributed by atoms with van der Waals surface area (Å²) in [6, 6.07) is 0. The number of hydrogen-bond donors (Lipinski definition) is 1. The van der Waals surface area contributed by atoms with Crippen molar-refractivity contribution < 1.29 is 14.3 Å². The fourth-order valence-corrected chi connectivity index (χ4v) is 3.85. The molecule has 2 heterocycles. The molecule has 1 spiro atoms. The number of nitrogens with zero attached hydrogens (tertiary/aromatic N) is 2. The Labute approximate surface area is 148 Å². The van der Waals surface area contributed by atoms with Crippen molar-refractivity contribution in [1.29, 1.82) is 0 Å². The molecule has 25 heavy (non-hydrogen) atoms. The summed E-state index contributed by atoms with van der Waals surface area (Å²) >= 11 is 0. The van der Waals surface area contributed by atoms with Crippen molar-refractivity contribution in [2.24, 2.45) is 11.3 Å². The first kappa shape index (κ1) is 17.6. The van der Waals surface area contributed by atoms with E-state index in [1.54, 1.807) is 26.7 Å². The van der Waals surface area contributed by atoms with Crippen molar-refractivity contribution >= 4 is 5.91 Å². The third-order valence-electron chi connectivity index (χ3n) is 5.22. The van der Waals surface area contributed by atoms with Gasteiger partial charge in [-0.1, -0.05) is 13.3 Å². The van der Waals surface area contributed by atoms with Gasteiger partial charge in [0, 0.05) is 31.4 Å². The highest BCUT2D eigenvalue weighted by Gasteiger charge is 2.47. The molecule has 1 aromatic rings. The van der Waals surface area contributed by atoms with Crippen molar-refractivity contribution in [3.63, 3.8) is 0 Å². The predicted octanol–water partition coefficient (Wildman–Crippen LogP) is 2.66. The van der Waals surface area contributed by atoms with Gasteiger partial charge in [0.05, 0.1) is 31.9 Å². The highest BCUT2D eigenvalue weighted by atomic mass is 16.5. The summed E-state index contributed by atoms with van der Waals surface area (Å²) in [5.41, 5.74) is 0.413. The van der Waals surface area contributed by atoms with Gasteiger partial charge in [-0.05, 0) is 25.0 Å². The average Bonchev–Trinajstić information content (AvgIpc) is 3.24. The van der Waals surface area contributed by atoms with E-state index >= 15 is 0 Å². The third kappa shape index (κ3) is 3.30. The summed E-state index contributed by atoms with van der Waals surface area (Å²) in [5, 5.41) is 0. The van der Waals surface area contributed by atoms with Crippen LogP contribution in [0.15, 0.2) is 36.2 Å². The van der Waals surface area contributed by atoms with E-state index in [0.29, 0.717) is 6.54 Å². The quantitative estimate of drug-likeness (QED) is 0.825. The van der Waals surface area contributed by atoms with Gasteiger partial charge in [0.1, 0.15) is 11.5 Å². The van der Waals surface area contributed by atoms with Crippen LogP contribution in [0.25, 0.3) is 0 Å². The molecule has 2 aliphatic rings. The number of H-pyrrole nitrogens is 1. The van der Waals surface area contributed by atoms with Gasteiger partial charge in [0.25, 0.3) is 0 Å². The molecule has 6 nitrogen and oxygen atoms in total. The number of carbonyl (C=O) groups excluding carboxylic acids is 1. The van der Waals surface area contributed by atoms with Gasteiger partial charge in [0.15, 0.2) is 0 Å². The molecule has 3 rings (SSSR count). The van der Waals surface area contributed by atoms with Gasteiger partial charge in [0.2, 0.25) is 5.91 Å². The molecule has 0 aromatic carbocycles. The molecule has 1 N–H and O–H groups in total. The fourth-order valence-electron chi connectivity index (χ4n) is 3.85. The van der Waals surface area contributed by atoms with E-state index in [9.17, 15) is 4.79 Å². The van der Waals surface area contributed by atoms with Crippen LogP contribution >= 0.6 is 0 Å². The molecule has 1 aliphatic heterocycles. The molecule has 1 fully saturated rings. The van der Waals surface area contributed by atoms with Crippen LogP contribution in [0.1, 0.15) is 31.9 Å². The Hall–Kier alpha value is -2.24. The monoisotopic (exact) mass is 345 g/mol. The van der Waals surface area contributed by atoms with Gasteiger partial charge in [-0.3, -0.25) is 4.79 Å². The van der Waals surface area contributed by atoms with Crippen LogP contribution in [0.4, 0.5) is 0 Å². The fraction of sp³-hybridized carbons (Fsp3) is 0.579. The number of likely N-dealkylation sites (tertiary alicyclic amines) is 1. The minimum atomic E-state index is -0.630. The number of hydrogen-bond acceptors (Lipinski definition) is 4. The van der Waals surface area contributed by atoms with Crippen LogP contribution in [-0.2, 0) is 20.7 Å². The van der Waals surface area contributed by atoms with Gasteiger partial charge < -0.3 is 19.4 Å². The molecule has 1 aromatic heterocycles. The van der Waals surface area contributed by atoms with Crippen LogP contribution in [0, 0.1) is 11.3 Å². The Morgan fingerprint density at radius 1 is 1.32 bits per heavy atom. The first-order chi connectivity index (χ1) is 12.1. The van der Waals surface area contributed by atoms with Crippen LogP contribution in [0.3, 0.4) is 0 Å². The SMILES string of the molecule is CCCC1C(OC)=CC2(C=C1OC)CCN(CCc1cnc[nH]1)C2=O. The number of aromatic amines is 1. The van der Waals surface area contributed by atoms with E-state index in [4.69, 9.17) is 9.47 Å². The van der Waals surface area contributed by atoms with Crippen LogP contribution in [-0.4, -0.2) is 48.1 Å². The Kier molecular flexibility index (Phi) is 5.16. The Morgan fingerprint density at radius 2 is 2.04 bits per heavy atom. The summed E-state index contributed by atoms with van der Waals surface area (Å²) in [7, 11) is 3.35. The van der Waals surface area contributed by atoms with Crippen molar-refractivity contribution in [3.8, 4) is 0 Å². The molecule has 0 bridgehead atoms. The Bertz CT molecular complexity index is 641. The lowest BCUT2D eigenvalue weighted by atomic mass is 9.77. The van der Waals surface area contributed by atoms with Crippen LogP contribution in [0.2, 0.25) is 0 Å². The van der Waals surface area contributed by atoms with E-state index in [0.717, 1.165) is 49.4 Å². The Balaban J connectivity index is 1.79. The summed E-state index contributed by atoms with van der Waals surface area (Å²) in [4.78, 5) is 22.2. The van der Waals surface area contributed by atoms with Gasteiger partial charge in [-0.15, -0.1) is 0 Å². The second-order valence-corrected chi connectivity index (χ2v) is 6.75. The van der Waals surface area contributed by atoms with E-state index in [-0.39, 0.29) is 11.8 Å². The zero-order valence-electron chi connectivity index (χ0n) is 15.2. The minimum Gasteiger partial charge on any atom is -0.501 e. The van der Waals surface area contributed by atoms with Crippen molar-refractivity contribution in [3.05, 3.63) is 41.9 Å². The normalized spacial score (nSPS) is 26.0. The highest BCUT2D eigenvalue weighted by molar-refractivity contribution is 5.89. The zero-order valence-corrected chi connectivity index (χ0v) is 15.2. The molecule has 1 amide bonds. The smallest absolute Gasteiger partial charge is 0.236 e. The van der Waals surface area contributed by atoms with E-state index in [1.165, 1.54) is 0 Å². The average molecular weight is 345 g/mol. The number of rotatable bonds is 7. The molecular weight excluding hydrogens is 318 g/mol. The lowest BCUT2D eigenvalue weighted by molar-refractivity contribution is -0.132. The largest absolute Gasteiger partial charge is 0.501 e. The maximum atomic E-state index is 13.1. The number of amides is 1. The first-order valence-electron chi connectivity index (χ1n) is 8.93. The molecule has 136 valence electrons. The highest BCUT2D eigenvalue weighted by Crippen LogP contribution is 2.44. The number of methoxy groups -OCH3 is 2. The zero-order chi connectivity index (χ0) is 17.9. The summed E-state index contributed by atoms with van der Waals surface area (Å²) in [6.07, 6.45) is 11.0. The Morgan fingerprint density at radius 3 is 2.60 bits per heavy atom. The molecule has 0 unspecified atom stereocenters. The van der Waals surface area contributed by atoms with E-state index < -0.39 is 5.41 Å². The third-order valence-corrected chi connectivity index (χ3v) is 5.22. The van der Waals surface area contributed by atoms with Crippen molar-refractivity contribution in [2.75, 3.05) is 27.3 Å². The lowest BCUT2D eigenvalue weighted by Gasteiger charge is -2.32. The molecule has 1 aliphatic carbocycles. The summed E-state index contributed by atoms with van der Waals surface area (Å²) in [6.45, 7) is 3.57. The van der Waals surface area contributed by atoms with E-state index in [1.807, 2.05) is 17.1 Å². The lowest BCUT2D eigenvalue weighted by Crippen LogP contribution is -2.36. The molecule has 0 atom stereocenters. The van der Waals surface area contributed by atoms with Gasteiger partial charge in [-0.25, -0.2) is 4.98 Å². The second-order valence-electron chi connectivity index (χ2n) is 6.75. The number of nitrogens with one attached hydrogen (secondary N) is 1. The maximum absolute atomic E-state index is 13.1. The number of carbonyl (C=O) groups is 1. The van der Waals surface area contributed by atoms with Crippen molar-refractivity contribution in [1.82, 2.24) is 14.9 Å². The summed E-state index contributed by atoms with van der Waals surface area (Å²) < 4.78 is 11.3. The number of imidazole rings is 1. The standard InChI is InChI=1S/C19H27N3O3/c1-4-5-15-16(24-2)10-19(11-17(15)25-3)7-9-22(18(19)23)8-6-14-12-20-13-21-14/h10-13,15H,4-9H2,1-3H3,(H,20,21). The first-order valence-corrected chi connectivity index (χ1v) is 8.93. The molecule has 6 heteroatoms. The minimum absolute atomic E-state index is 0.109. The van der Waals surface area contributed by atoms with Gasteiger partial charge >= 0.3 is 0 Å². The summed E-state index contributed by atoms with van der Waals surface area (Å²) in [5.74, 6) is 1.94. The molecule has 0 saturated carbocycles. The molecule has 0 radical (unpaired) electrons. The maximum Gasteiger partial charge on any atom is 0.236 e. The molecular formula is C19H27N3O3. The topological polar surface area (TPSA) is 67.5 Å². The van der Waals surface area contributed by atoms with Gasteiger partial charge in [-0.2, -0.15) is 0 Å². The number of ether oxygens (including phenoxy) is 2. The van der Waals surface area contributed by atoms with Crippen LogP contribution in [0.5, 0.6) is 0 Å². The van der Waals surface area contributed by atoms with Crippen molar-refractivity contribution in [2.45, 2.75) is 32.6 Å². The molecule has 1 saturated heterocycles. The number of aromatic nitrogens is 2. The van der Waals surface area contributed by atoms with E-state index in [2.05, 4.69) is 16.9 Å².